The minimum absolute atomic E-state index is 0.266. The SMILES string of the molecule is COc1nc(-c2cccc(-c3cccc(Nc4nccc5c4c(=O)n(C)c(=O)n5C)c3Cl)c2Cl)cnc1CNC1CCOCC1. The summed E-state index contributed by atoms with van der Waals surface area (Å²) >= 11 is 14.0. The number of nitrogens with zero attached hydrogens (tertiary/aromatic N) is 5. The van der Waals surface area contributed by atoms with Crippen LogP contribution in [0, 0.1) is 0 Å². The average Bonchev–Trinajstić information content (AvgIpc) is 3.07. The van der Waals surface area contributed by atoms with Crippen molar-refractivity contribution in [3.05, 3.63) is 91.4 Å². The van der Waals surface area contributed by atoms with Crippen molar-refractivity contribution in [2.75, 3.05) is 25.6 Å². The van der Waals surface area contributed by atoms with Crippen LogP contribution in [0.15, 0.2) is 64.4 Å². The number of ether oxygens (including phenoxy) is 2. The van der Waals surface area contributed by atoms with Crippen LogP contribution in [0.2, 0.25) is 10.0 Å². The van der Waals surface area contributed by atoms with Gasteiger partial charge in [-0.2, -0.15) is 0 Å². The number of pyridine rings is 1. The first kappa shape index (κ1) is 30.7. The Morgan fingerprint density at radius 1 is 0.956 bits per heavy atom. The maximum atomic E-state index is 13.1. The van der Waals surface area contributed by atoms with Crippen molar-refractivity contribution in [3.8, 4) is 28.3 Å². The summed E-state index contributed by atoms with van der Waals surface area (Å²) in [7, 11) is 4.61. The Morgan fingerprint density at radius 3 is 2.42 bits per heavy atom. The highest BCUT2D eigenvalue weighted by atomic mass is 35.5. The molecule has 0 bridgehead atoms. The Bertz CT molecular complexity index is 2020. The summed E-state index contributed by atoms with van der Waals surface area (Å²) in [6.07, 6.45) is 5.12. The highest BCUT2D eigenvalue weighted by Crippen LogP contribution is 2.42. The zero-order valence-electron chi connectivity index (χ0n) is 24.9. The van der Waals surface area contributed by atoms with Crippen LogP contribution in [0.1, 0.15) is 18.5 Å². The van der Waals surface area contributed by atoms with Crippen LogP contribution < -0.4 is 26.6 Å². The fraction of sp³-hybridized carbons (Fsp3) is 0.281. The summed E-state index contributed by atoms with van der Waals surface area (Å²) in [6, 6.07) is 13.1. The molecule has 2 aromatic carbocycles. The van der Waals surface area contributed by atoms with Gasteiger partial charge in [-0.25, -0.2) is 14.8 Å². The minimum Gasteiger partial charge on any atom is -0.480 e. The smallest absolute Gasteiger partial charge is 0.330 e. The second-order valence-electron chi connectivity index (χ2n) is 10.7. The molecule has 2 N–H and O–H groups in total. The largest absolute Gasteiger partial charge is 0.480 e. The number of methoxy groups -OCH3 is 1. The van der Waals surface area contributed by atoms with Crippen molar-refractivity contribution in [2.24, 2.45) is 14.1 Å². The van der Waals surface area contributed by atoms with E-state index in [1.165, 1.54) is 17.8 Å². The van der Waals surface area contributed by atoms with Crippen LogP contribution in [-0.2, 0) is 25.4 Å². The van der Waals surface area contributed by atoms with Gasteiger partial charge in [-0.05, 0) is 25.0 Å². The Kier molecular flexibility index (Phi) is 8.86. The molecule has 13 heteroatoms. The van der Waals surface area contributed by atoms with Gasteiger partial charge in [-0.1, -0.05) is 53.5 Å². The van der Waals surface area contributed by atoms with Crippen molar-refractivity contribution >= 4 is 45.6 Å². The summed E-state index contributed by atoms with van der Waals surface area (Å²) < 4.78 is 13.5. The van der Waals surface area contributed by atoms with Crippen LogP contribution in [0.25, 0.3) is 33.3 Å². The van der Waals surface area contributed by atoms with E-state index in [2.05, 4.69) is 20.6 Å². The van der Waals surface area contributed by atoms with E-state index in [0.717, 1.165) is 30.6 Å². The first-order valence-electron chi connectivity index (χ1n) is 14.4. The molecule has 1 aliphatic rings. The molecular weight excluding hydrogens is 617 g/mol. The molecular formula is C32H31Cl2N7O4. The van der Waals surface area contributed by atoms with Crippen molar-refractivity contribution in [3.63, 3.8) is 0 Å². The molecule has 11 nitrogen and oxygen atoms in total. The number of halogens is 2. The van der Waals surface area contributed by atoms with E-state index >= 15 is 0 Å². The van der Waals surface area contributed by atoms with Crippen molar-refractivity contribution in [2.45, 2.75) is 25.4 Å². The molecule has 0 aliphatic carbocycles. The fourth-order valence-corrected chi connectivity index (χ4v) is 6.08. The van der Waals surface area contributed by atoms with Gasteiger partial charge in [0, 0.05) is 62.8 Å². The standard InChI is InChI=1S/C32H31Cl2N7O4/c1-40-25-10-13-35-29(26(25)31(42)41(2)32(40)43)38-22-9-5-7-20(28(22)34)19-6-4-8-21(27(19)33)23-16-37-24(30(39-23)44-3)17-36-18-11-14-45-15-12-18/h4-10,13,16,18,36H,11-12,14-15,17H2,1-3H3,(H,35,38). The molecule has 1 saturated heterocycles. The Labute approximate surface area is 268 Å². The van der Waals surface area contributed by atoms with Crippen LogP contribution in [0.3, 0.4) is 0 Å². The first-order chi connectivity index (χ1) is 21.8. The number of nitrogens with one attached hydrogen (secondary N) is 2. The molecule has 0 saturated carbocycles. The zero-order valence-corrected chi connectivity index (χ0v) is 26.4. The highest BCUT2D eigenvalue weighted by Gasteiger charge is 2.20. The number of benzene rings is 2. The number of hydrogen-bond acceptors (Lipinski definition) is 9. The van der Waals surface area contributed by atoms with Crippen molar-refractivity contribution < 1.29 is 9.47 Å². The highest BCUT2D eigenvalue weighted by molar-refractivity contribution is 6.39. The van der Waals surface area contributed by atoms with E-state index < -0.39 is 11.2 Å². The van der Waals surface area contributed by atoms with Gasteiger partial charge in [0.25, 0.3) is 5.56 Å². The maximum absolute atomic E-state index is 13.1. The average molecular weight is 649 g/mol. The van der Waals surface area contributed by atoms with Crippen LogP contribution in [0.5, 0.6) is 5.88 Å². The molecule has 3 aromatic heterocycles. The van der Waals surface area contributed by atoms with Gasteiger partial charge in [0.2, 0.25) is 5.88 Å². The molecule has 0 unspecified atom stereocenters. The lowest BCUT2D eigenvalue weighted by Crippen LogP contribution is -2.37. The molecule has 232 valence electrons. The lowest BCUT2D eigenvalue weighted by Gasteiger charge is -2.23. The summed E-state index contributed by atoms with van der Waals surface area (Å²) in [5.41, 5.74) is 3.33. The number of anilines is 2. The van der Waals surface area contributed by atoms with E-state index in [-0.39, 0.29) is 11.2 Å². The normalized spacial score (nSPS) is 13.7. The molecule has 0 radical (unpaired) electrons. The number of fused-ring (bicyclic) bond motifs is 1. The Hall–Kier alpha value is -4.29. The zero-order chi connectivity index (χ0) is 31.7. The molecule has 1 fully saturated rings. The van der Waals surface area contributed by atoms with E-state index in [4.69, 9.17) is 37.7 Å². The lowest BCUT2D eigenvalue weighted by atomic mass is 10.0. The van der Waals surface area contributed by atoms with Gasteiger partial charge in [0.1, 0.15) is 16.9 Å². The van der Waals surface area contributed by atoms with E-state index in [1.807, 2.05) is 30.3 Å². The topological polar surface area (TPSA) is 125 Å². The predicted octanol–water partition coefficient (Wildman–Crippen LogP) is 5.08. The van der Waals surface area contributed by atoms with Gasteiger partial charge in [0.15, 0.2) is 0 Å². The molecule has 1 aliphatic heterocycles. The quantitative estimate of drug-likeness (QED) is 0.237. The molecule has 0 amide bonds. The molecule has 0 spiro atoms. The molecule has 6 rings (SSSR count). The van der Waals surface area contributed by atoms with Crippen molar-refractivity contribution in [1.82, 2.24) is 29.4 Å². The van der Waals surface area contributed by atoms with Gasteiger partial charge in [-0.3, -0.25) is 18.9 Å². The van der Waals surface area contributed by atoms with Crippen LogP contribution >= 0.6 is 23.2 Å². The van der Waals surface area contributed by atoms with Gasteiger partial charge >= 0.3 is 5.69 Å². The first-order valence-corrected chi connectivity index (χ1v) is 15.1. The third-order valence-corrected chi connectivity index (χ3v) is 8.80. The predicted molar refractivity (Wildman–Crippen MR) is 176 cm³/mol. The molecule has 0 atom stereocenters. The molecule has 5 aromatic rings. The Morgan fingerprint density at radius 2 is 1.67 bits per heavy atom. The molecule has 45 heavy (non-hydrogen) atoms. The summed E-state index contributed by atoms with van der Waals surface area (Å²) in [5.74, 6) is 0.695. The van der Waals surface area contributed by atoms with Crippen LogP contribution in [0.4, 0.5) is 11.5 Å². The second kappa shape index (κ2) is 13.0. The number of aryl methyl sites for hydroxylation is 1. The molecule has 4 heterocycles. The van der Waals surface area contributed by atoms with E-state index in [0.29, 0.717) is 67.8 Å². The summed E-state index contributed by atoms with van der Waals surface area (Å²) in [5, 5.41) is 7.79. The van der Waals surface area contributed by atoms with Crippen molar-refractivity contribution in [1.29, 1.82) is 0 Å². The Balaban J connectivity index is 1.33. The number of aromatic nitrogens is 5. The van der Waals surface area contributed by atoms with E-state index in [1.54, 1.807) is 32.5 Å². The fourth-order valence-electron chi connectivity index (χ4n) is 5.48. The summed E-state index contributed by atoms with van der Waals surface area (Å²) in [4.78, 5) is 39.3. The third-order valence-electron chi connectivity index (χ3n) is 7.98. The monoisotopic (exact) mass is 647 g/mol. The van der Waals surface area contributed by atoms with Gasteiger partial charge < -0.3 is 20.1 Å². The lowest BCUT2D eigenvalue weighted by molar-refractivity contribution is 0.0774. The maximum Gasteiger partial charge on any atom is 0.330 e. The van der Waals surface area contributed by atoms with Gasteiger partial charge in [-0.15, -0.1) is 0 Å². The van der Waals surface area contributed by atoms with Gasteiger partial charge in [0.05, 0.1) is 40.2 Å². The number of hydrogen-bond donors (Lipinski definition) is 2. The summed E-state index contributed by atoms with van der Waals surface area (Å²) in [6.45, 7) is 2.02. The van der Waals surface area contributed by atoms with E-state index in [9.17, 15) is 9.59 Å². The number of rotatable bonds is 8. The minimum atomic E-state index is -0.464. The third kappa shape index (κ3) is 5.91. The second-order valence-corrected chi connectivity index (χ2v) is 11.5. The van der Waals surface area contributed by atoms with Crippen LogP contribution in [-0.4, -0.2) is 50.5 Å².